The number of amides is 4. The van der Waals surface area contributed by atoms with Crippen molar-refractivity contribution in [2.75, 3.05) is 4.90 Å². The van der Waals surface area contributed by atoms with Crippen molar-refractivity contribution < 1.29 is 24.3 Å². The second kappa shape index (κ2) is 8.14. The number of barbiturate groups is 1. The molecule has 1 saturated heterocycles. The summed E-state index contributed by atoms with van der Waals surface area (Å²) in [6.07, 6.45) is 3.01. The number of urea groups is 1. The fourth-order valence-corrected chi connectivity index (χ4v) is 3.93. The van der Waals surface area contributed by atoms with Crippen LogP contribution >= 0.6 is 23.2 Å². The van der Waals surface area contributed by atoms with E-state index in [4.69, 9.17) is 23.2 Å². The van der Waals surface area contributed by atoms with Gasteiger partial charge in [-0.3, -0.25) is 14.9 Å². The molecule has 0 radical (unpaired) electrons. The van der Waals surface area contributed by atoms with Crippen molar-refractivity contribution in [3.05, 3.63) is 69.8 Å². The third kappa shape index (κ3) is 3.74. The van der Waals surface area contributed by atoms with Gasteiger partial charge in [0.25, 0.3) is 11.8 Å². The Labute approximate surface area is 191 Å². The molecule has 0 unspecified atom stereocenters. The van der Waals surface area contributed by atoms with Crippen molar-refractivity contribution in [3.63, 3.8) is 0 Å². The molecular formula is C22H15Cl2N3O5. The Morgan fingerprint density at radius 1 is 1.09 bits per heavy atom. The summed E-state index contributed by atoms with van der Waals surface area (Å²) >= 11 is 12.0. The number of benzene rings is 2. The molecule has 4 amide bonds. The Balaban J connectivity index is 1.73. The van der Waals surface area contributed by atoms with E-state index in [0.717, 1.165) is 10.3 Å². The van der Waals surface area contributed by atoms with Crippen LogP contribution in [-0.4, -0.2) is 33.5 Å². The second-order valence-electron chi connectivity index (χ2n) is 7.11. The minimum absolute atomic E-state index is 0.0741. The molecule has 10 heteroatoms. The molecule has 162 valence electrons. The molecule has 0 bridgehead atoms. The van der Waals surface area contributed by atoms with Crippen LogP contribution in [0.3, 0.4) is 0 Å². The Kier molecular flexibility index (Phi) is 5.50. The molecule has 0 spiro atoms. The molecule has 1 atom stereocenters. The fraction of sp³-hybridized carbons (Fsp3) is 0.0909. The van der Waals surface area contributed by atoms with Gasteiger partial charge in [-0.2, -0.15) is 0 Å². The molecule has 2 heterocycles. The van der Waals surface area contributed by atoms with Gasteiger partial charge in [-0.05, 0) is 55.0 Å². The maximum atomic E-state index is 13.0. The van der Waals surface area contributed by atoms with Crippen molar-refractivity contribution in [2.24, 2.45) is 0 Å². The number of imide groups is 2. The third-order valence-corrected chi connectivity index (χ3v) is 5.62. The minimum atomic E-state index is -0.969. The Morgan fingerprint density at radius 2 is 1.84 bits per heavy atom. The van der Waals surface area contributed by atoms with Crippen LogP contribution in [0.25, 0.3) is 17.0 Å². The lowest BCUT2D eigenvalue weighted by atomic mass is 10.1. The molecule has 0 saturated carbocycles. The van der Waals surface area contributed by atoms with Crippen molar-refractivity contribution in [1.29, 1.82) is 0 Å². The second-order valence-corrected chi connectivity index (χ2v) is 7.95. The van der Waals surface area contributed by atoms with Crippen LogP contribution in [0.15, 0.2) is 54.2 Å². The van der Waals surface area contributed by atoms with Crippen LogP contribution in [0.2, 0.25) is 10.0 Å². The van der Waals surface area contributed by atoms with E-state index in [9.17, 15) is 24.3 Å². The van der Waals surface area contributed by atoms with Crippen LogP contribution in [0.1, 0.15) is 18.5 Å². The highest BCUT2D eigenvalue weighted by atomic mass is 35.5. The van der Waals surface area contributed by atoms with E-state index >= 15 is 0 Å². The van der Waals surface area contributed by atoms with Crippen LogP contribution in [0, 0.1) is 0 Å². The number of carboxylic acids is 1. The number of fused-ring (bicyclic) bond motifs is 1. The van der Waals surface area contributed by atoms with Crippen LogP contribution < -0.4 is 10.2 Å². The molecule has 1 fully saturated rings. The van der Waals surface area contributed by atoms with Gasteiger partial charge in [0.15, 0.2) is 0 Å². The quantitative estimate of drug-likeness (QED) is 0.436. The fourth-order valence-electron chi connectivity index (χ4n) is 3.43. The number of halogens is 2. The maximum absolute atomic E-state index is 13.0. The summed E-state index contributed by atoms with van der Waals surface area (Å²) in [5.41, 5.74) is 1.04. The van der Waals surface area contributed by atoms with Gasteiger partial charge < -0.3 is 9.67 Å². The van der Waals surface area contributed by atoms with Crippen LogP contribution in [0.4, 0.5) is 10.5 Å². The molecule has 1 aliphatic heterocycles. The molecule has 1 aliphatic rings. The van der Waals surface area contributed by atoms with Crippen molar-refractivity contribution >= 4 is 69.7 Å². The first-order valence-corrected chi connectivity index (χ1v) is 10.1. The summed E-state index contributed by atoms with van der Waals surface area (Å²) in [6, 6.07) is 9.39. The van der Waals surface area contributed by atoms with Crippen LogP contribution in [-0.2, 0) is 14.4 Å². The molecule has 2 N–H and O–H groups in total. The van der Waals surface area contributed by atoms with Gasteiger partial charge in [0, 0.05) is 22.1 Å². The highest BCUT2D eigenvalue weighted by molar-refractivity contribution is 6.42. The number of anilines is 1. The van der Waals surface area contributed by atoms with E-state index in [1.165, 1.54) is 24.3 Å². The number of carbonyl (C=O) groups excluding carboxylic acids is 3. The lowest BCUT2D eigenvalue weighted by Gasteiger charge is -2.27. The first kappa shape index (κ1) is 21.6. The molecule has 8 nitrogen and oxygen atoms in total. The Morgan fingerprint density at radius 3 is 2.53 bits per heavy atom. The number of hydrogen-bond acceptors (Lipinski definition) is 4. The predicted molar refractivity (Wildman–Crippen MR) is 120 cm³/mol. The lowest BCUT2D eigenvalue weighted by Crippen LogP contribution is -2.54. The van der Waals surface area contributed by atoms with Crippen molar-refractivity contribution in [1.82, 2.24) is 9.88 Å². The van der Waals surface area contributed by atoms with Crippen LogP contribution in [0.5, 0.6) is 0 Å². The summed E-state index contributed by atoms with van der Waals surface area (Å²) in [6.45, 7) is 1.57. The molecule has 0 aliphatic carbocycles. The van der Waals surface area contributed by atoms with Gasteiger partial charge in [-0.25, -0.2) is 14.5 Å². The average Bonchev–Trinajstić information content (AvgIpc) is 3.15. The number of carbonyl (C=O) groups is 4. The summed E-state index contributed by atoms with van der Waals surface area (Å²) in [5, 5.41) is 12.5. The van der Waals surface area contributed by atoms with E-state index in [2.05, 4.69) is 5.32 Å². The van der Waals surface area contributed by atoms with Crippen molar-refractivity contribution in [2.45, 2.75) is 13.0 Å². The van der Waals surface area contributed by atoms with E-state index in [0.29, 0.717) is 16.1 Å². The number of rotatable bonds is 4. The molecule has 3 aromatic rings. The number of aliphatic carboxylic acids is 1. The summed E-state index contributed by atoms with van der Waals surface area (Å²) in [5.74, 6) is -2.64. The van der Waals surface area contributed by atoms with Gasteiger partial charge >= 0.3 is 12.0 Å². The van der Waals surface area contributed by atoms with Crippen molar-refractivity contribution in [3.8, 4) is 0 Å². The zero-order valence-corrected chi connectivity index (χ0v) is 18.0. The highest BCUT2D eigenvalue weighted by Gasteiger charge is 2.37. The Bertz CT molecular complexity index is 1340. The number of hydrogen-bond donors (Lipinski definition) is 2. The number of nitrogens with zero attached hydrogens (tertiary/aromatic N) is 2. The SMILES string of the molecule is C[C@H](C(=O)O)n1ccc2cc(/C=C3\C(=O)NC(=O)N(c4ccc(Cl)cc4Cl)C3=O)ccc21. The number of carboxylic acid groups (broad SMARTS) is 1. The third-order valence-electron chi connectivity index (χ3n) is 5.08. The minimum Gasteiger partial charge on any atom is -0.480 e. The first-order valence-electron chi connectivity index (χ1n) is 9.37. The molecular weight excluding hydrogens is 457 g/mol. The zero-order valence-electron chi connectivity index (χ0n) is 16.5. The monoisotopic (exact) mass is 471 g/mol. The average molecular weight is 472 g/mol. The standard InChI is InChI=1S/C22H15Cl2N3O5/c1-11(21(30)31)26-7-6-13-8-12(2-4-17(13)26)9-15-19(28)25-22(32)27(20(15)29)18-5-3-14(23)10-16(18)24/h2-11H,1H3,(H,30,31)(H,25,28,32)/b15-9+/t11-/m1/s1. The van der Waals surface area contributed by atoms with Gasteiger partial charge in [-0.1, -0.05) is 29.3 Å². The predicted octanol–water partition coefficient (Wildman–Crippen LogP) is 4.26. The summed E-state index contributed by atoms with van der Waals surface area (Å²) in [4.78, 5) is 49.9. The molecule has 1 aromatic heterocycles. The zero-order chi connectivity index (χ0) is 23.2. The van der Waals surface area contributed by atoms with E-state index < -0.39 is 29.9 Å². The maximum Gasteiger partial charge on any atom is 0.335 e. The van der Waals surface area contributed by atoms with E-state index in [1.807, 2.05) is 0 Å². The van der Waals surface area contributed by atoms with E-state index in [-0.39, 0.29) is 16.3 Å². The lowest BCUT2D eigenvalue weighted by molar-refractivity contribution is -0.140. The van der Waals surface area contributed by atoms with Gasteiger partial charge in [-0.15, -0.1) is 0 Å². The topological polar surface area (TPSA) is 109 Å². The smallest absolute Gasteiger partial charge is 0.335 e. The van der Waals surface area contributed by atoms with Gasteiger partial charge in [0.1, 0.15) is 11.6 Å². The normalized spacial score (nSPS) is 16.5. The summed E-state index contributed by atoms with van der Waals surface area (Å²) < 4.78 is 1.61. The largest absolute Gasteiger partial charge is 0.480 e. The number of aromatic nitrogens is 1. The van der Waals surface area contributed by atoms with Gasteiger partial charge in [0.05, 0.1) is 10.7 Å². The molecule has 2 aromatic carbocycles. The Hall–Kier alpha value is -3.62. The first-order chi connectivity index (χ1) is 15.2. The summed E-state index contributed by atoms with van der Waals surface area (Å²) in [7, 11) is 0. The van der Waals surface area contributed by atoms with E-state index in [1.54, 1.807) is 42.0 Å². The van der Waals surface area contributed by atoms with Gasteiger partial charge in [0.2, 0.25) is 0 Å². The molecule has 4 rings (SSSR count). The number of nitrogens with one attached hydrogen (secondary N) is 1. The molecule has 32 heavy (non-hydrogen) atoms. The highest BCUT2D eigenvalue weighted by Crippen LogP contribution is 2.31.